The first-order valence-electron chi connectivity index (χ1n) is 2.51. The fraction of sp³-hybridized carbons (Fsp3) is 0.750. The number of carbonyl (C=O) groups excluding carboxylic acids is 1. The summed E-state index contributed by atoms with van der Waals surface area (Å²) in [6.45, 7) is 2.12. The summed E-state index contributed by atoms with van der Waals surface area (Å²) in [5.74, 6) is 0.189. The molecular weight excluding hydrogens is 106 g/mol. The fourth-order valence-electron chi connectivity index (χ4n) is 0.352. The molecule has 0 radical (unpaired) electrons. The standard InChI is InChI=1S/C4H11NOSi/c1-5-4(6)3-7-2/h3,7H2,1-2H3,(H,5,6). The molecule has 0 aliphatic rings. The van der Waals surface area contributed by atoms with Crippen LogP contribution in [0.15, 0.2) is 0 Å². The van der Waals surface area contributed by atoms with Crippen LogP contribution in [0, 0.1) is 0 Å². The minimum absolute atomic E-state index is 0.0565. The van der Waals surface area contributed by atoms with Crippen LogP contribution in [-0.2, 0) is 4.79 Å². The van der Waals surface area contributed by atoms with Gasteiger partial charge in [0.1, 0.15) is 0 Å². The average Bonchev–Trinajstić information content (AvgIpc) is 1.68. The zero-order valence-corrected chi connectivity index (χ0v) is 6.24. The summed E-state index contributed by atoms with van der Waals surface area (Å²) in [6, 6.07) is 0.788. The van der Waals surface area contributed by atoms with Crippen molar-refractivity contribution < 1.29 is 4.79 Å². The Morgan fingerprint density at radius 2 is 2.43 bits per heavy atom. The van der Waals surface area contributed by atoms with Gasteiger partial charge in [-0.25, -0.2) is 0 Å². The average molecular weight is 117 g/mol. The minimum Gasteiger partial charge on any atom is -0.359 e. The van der Waals surface area contributed by atoms with Crippen molar-refractivity contribution in [3.05, 3.63) is 0 Å². The molecule has 0 aliphatic heterocycles. The van der Waals surface area contributed by atoms with E-state index in [9.17, 15) is 4.79 Å². The Morgan fingerprint density at radius 3 is 2.57 bits per heavy atom. The molecule has 42 valence electrons. The second-order valence-electron chi connectivity index (χ2n) is 1.42. The van der Waals surface area contributed by atoms with E-state index in [2.05, 4.69) is 11.9 Å². The van der Waals surface area contributed by atoms with E-state index in [-0.39, 0.29) is 15.4 Å². The quantitative estimate of drug-likeness (QED) is 0.479. The molecule has 1 N–H and O–H groups in total. The van der Waals surface area contributed by atoms with Gasteiger partial charge in [0, 0.05) is 22.6 Å². The molecule has 0 bridgehead atoms. The normalized spacial score (nSPS) is 10.0. The topological polar surface area (TPSA) is 29.1 Å². The summed E-state index contributed by atoms with van der Waals surface area (Å²) in [5, 5.41) is 2.56. The lowest BCUT2D eigenvalue weighted by atomic mass is 10.7. The highest BCUT2D eigenvalue weighted by atomic mass is 28.2. The smallest absolute Gasteiger partial charge is 0.216 e. The number of rotatable bonds is 2. The zero-order chi connectivity index (χ0) is 5.70. The molecule has 3 heteroatoms. The van der Waals surface area contributed by atoms with Gasteiger partial charge in [0.05, 0.1) is 0 Å². The molecule has 0 spiro atoms. The van der Waals surface area contributed by atoms with E-state index in [1.165, 1.54) is 0 Å². The first kappa shape index (κ1) is 6.69. The molecule has 0 atom stereocenters. The number of nitrogens with one attached hydrogen (secondary N) is 1. The molecule has 0 rings (SSSR count). The van der Waals surface area contributed by atoms with Gasteiger partial charge >= 0.3 is 0 Å². The molecule has 0 unspecified atom stereocenters. The zero-order valence-electron chi connectivity index (χ0n) is 4.82. The van der Waals surface area contributed by atoms with Gasteiger partial charge < -0.3 is 5.32 Å². The number of amides is 1. The van der Waals surface area contributed by atoms with Crippen molar-refractivity contribution in [1.82, 2.24) is 5.32 Å². The van der Waals surface area contributed by atoms with E-state index < -0.39 is 0 Å². The summed E-state index contributed by atoms with van der Waals surface area (Å²) in [7, 11) is 1.62. The van der Waals surface area contributed by atoms with Crippen molar-refractivity contribution in [3.63, 3.8) is 0 Å². The lowest BCUT2D eigenvalue weighted by Crippen LogP contribution is -2.17. The summed E-state index contributed by atoms with van der Waals surface area (Å²) in [6.07, 6.45) is 0. The molecule has 1 amide bonds. The van der Waals surface area contributed by atoms with Gasteiger partial charge in [0.2, 0.25) is 5.91 Å². The minimum atomic E-state index is -0.0565. The van der Waals surface area contributed by atoms with Crippen molar-refractivity contribution >= 4 is 15.4 Å². The van der Waals surface area contributed by atoms with Gasteiger partial charge in [-0.3, -0.25) is 4.79 Å². The third-order valence-electron chi connectivity index (χ3n) is 0.756. The number of carbonyl (C=O) groups is 1. The van der Waals surface area contributed by atoms with Crippen LogP contribution in [0.25, 0.3) is 0 Å². The van der Waals surface area contributed by atoms with Crippen molar-refractivity contribution in [2.45, 2.75) is 12.6 Å². The Bertz CT molecular complexity index is 64.7. The molecule has 0 fully saturated rings. The van der Waals surface area contributed by atoms with Crippen molar-refractivity contribution in [2.75, 3.05) is 7.05 Å². The van der Waals surface area contributed by atoms with E-state index in [0.717, 1.165) is 6.04 Å². The van der Waals surface area contributed by atoms with Crippen LogP contribution in [0.1, 0.15) is 0 Å². The maximum Gasteiger partial charge on any atom is 0.216 e. The third-order valence-corrected chi connectivity index (χ3v) is 1.71. The lowest BCUT2D eigenvalue weighted by Gasteiger charge is -1.90. The molecular formula is C4H11NOSi. The van der Waals surface area contributed by atoms with Crippen LogP contribution in [-0.4, -0.2) is 22.5 Å². The van der Waals surface area contributed by atoms with Crippen LogP contribution in [0.3, 0.4) is 0 Å². The Labute approximate surface area is 46.1 Å². The second-order valence-corrected chi connectivity index (χ2v) is 2.92. The largest absolute Gasteiger partial charge is 0.359 e. The van der Waals surface area contributed by atoms with E-state index in [1.54, 1.807) is 7.05 Å². The first-order chi connectivity index (χ1) is 3.31. The van der Waals surface area contributed by atoms with Crippen molar-refractivity contribution in [1.29, 1.82) is 0 Å². The predicted molar refractivity (Wildman–Crippen MR) is 33.3 cm³/mol. The highest BCUT2D eigenvalue weighted by Crippen LogP contribution is 1.73. The number of hydrogen-bond acceptors (Lipinski definition) is 1. The lowest BCUT2D eigenvalue weighted by molar-refractivity contribution is -0.118. The van der Waals surface area contributed by atoms with Crippen LogP contribution >= 0.6 is 0 Å². The Morgan fingerprint density at radius 1 is 1.86 bits per heavy atom. The monoisotopic (exact) mass is 117 g/mol. The molecule has 0 saturated heterocycles. The van der Waals surface area contributed by atoms with Crippen LogP contribution in [0.4, 0.5) is 0 Å². The van der Waals surface area contributed by atoms with Crippen LogP contribution in [0.5, 0.6) is 0 Å². The van der Waals surface area contributed by atoms with Gasteiger partial charge in [-0.15, -0.1) is 0 Å². The van der Waals surface area contributed by atoms with E-state index >= 15 is 0 Å². The molecule has 0 aromatic heterocycles. The second kappa shape index (κ2) is 3.86. The highest BCUT2D eigenvalue weighted by Gasteiger charge is 1.90. The summed E-state index contributed by atoms with van der Waals surface area (Å²) in [5.41, 5.74) is 0. The summed E-state index contributed by atoms with van der Waals surface area (Å²) < 4.78 is 0. The van der Waals surface area contributed by atoms with E-state index in [0.29, 0.717) is 0 Å². The third kappa shape index (κ3) is 3.52. The van der Waals surface area contributed by atoms with E-state index in [1.807, 2.05) is 0 Å². The Hall–Kier alpha value is -0.313. The van der Waals surface area contributed by atoms with Gasteiger partial charge in [0.15, 0.2) is 0 Å². The van der Waals surface area contributed by atoms with E-state index in [4.69, 9.17) is 0 Å². The SMILES string of the molecule is CNC(=O)C[SiH2]C. The maximum absolute atomic E-state index is 10.3. The number of hydrogen-bond donors (Lipinski definition) is 1. The molecule has 0 saturated carbocycles. The Balaban J connectivity index is 3.00. The van der Waals surface area contributed by atoms with Gasteiger partial charge in [-0.1, -0.05) is 6.55 Å². The molecule has 0 heterocycles. The van der Waals surface area contributed by atoms with Gasteiger partial charge in [-0.05, 0) is 0 Å². The van der Waals surface area contributed by atoms with Crippen molar-refractivity contribution in [2.24, 2.45) is 0 Å². The van der Waals surface area contributed by atoms with Gasteiger partial charge in [0.25, 0.3) is 0 Å². The summed E-state index contributed by atoms with van der Waals surface area (Å²) in [4.78, 5) is 10.3. The summed E-state index contributed by atoms with van der Waals surface area (Å²) >= 11 is 0. The van der Waals surface area contributed by atoms with Crippen LogP contribution in [0.2, 0.25) is 12.6 Å². The first-order valence-corrected chi connectivity index (χ1v) is 4.93. The molecule has 0 aromatic rings. The molecule has 0 aliphatic carbocycles. The fourth-order valence-corrected chi connectivity index (χ4v) is 1.06. The molecule has 2 nitrogen and oxygen atoms in total. The van der Waals surface area contributed by atoms with Crippen LogP contribution < -0.4 is 5.32 Å². The Kier molecular flexibility index (Phi) is 3.69. The predicted octanol–water partition coefficient (Wildman–Crippen LogP) is -0.632. The molecule has 0 aromatic carbocycles. The maximum atomic E-state index is 10.3. The molecule has 7 heavy (non-hydrogen) atoms. The van der Waals surface area contributed by atoms with Crippen molar-refractivity contribution in [3.8, 4) is 0 Å². The highest BCUT2D eigenvalue weighted by molar-refractivity contribution is 6.39. The van der Waals surface area contributed by atoms with Gasteiger partial charge in [-0.2, -0.15) is 0 Å².